The molecule has 1 atom stereocenters. The van der Waals surface area contributed by atoms with Crippen molar-refractivity contribution in [2.24, 2.45) is 11.7 Å². The Morgan fingerprint density at radius 3 is 2.47 bits per heavy atom. The topological polar surface area (TPSA) is 55.1 Å². The average molecular weight is 266 g/mol. The van der Waals surface area contributed by atoms with Crippen LogP contribution in [0.1, 0.15) is 32.8 Å². The maximum absolute atomic E-state index is 12.9. The number of carbonyl (C=O) groups is 1. The molecule has 1 aromatic carbocycles. The number of amides is 1. The third-order valence-electron chi connectivity index (χ3n) is 3.29. The van der Waals surface area contributed by atoms with Crippen LogP contribution in [0.2, 0.25) is 0 Å². The first-order valence-corrected chi connectivity index (χ1v) is 6.58. The maximum atomic E-state index is 12.9. The molecular formula is C15H23FN2O. The van der Waals surface area contributed by atoms with Gasteiger partial charge in [-0.1, -0.05) is 32.9 Å². The van der Waals surface area contributed by atoms with Crippen molar-refractivity contribution in [3.63, 3.8) is 0 Å². The van der Waals surface area contributed by atoms with Crippen LogP contribution in [-0.2, 0) is 10.2 Å². The normalized spacial score (nSPS) is 13.1. The SMILES string of the molecule is CC(CN)CC(=O)NCC(C)(C)c1ccc(F)cc1. The summed E-state index contributed by atoms with van der Waals surface area (Å²) >= 11 is 0. The largest absolute Gasteiger partial charge is 0.355 e. The van der Waals surface area contributed by atoms with Gasteiger partial charge in [-0.2, -0.15) is 0 Å². The van der Waals surface area contributed by atoms with Gasteiger partial charge in [-0.3, -0.25) is 4.79 Å². The summed E-state index contributed by atoms with van der Waals surface area (Å²) in [5, 5.41) is 2.91. The van der Waals surface area contributed by atoms with Crippen molar-refractivity contribution in [3.05, 3.63) is 35.6 Å². The molecular weight excluding hydrogens is 243 g/mol. The minimum atomic E-state index is -0.250. The van der Waals surface area contributed by atoms with Gasteiger partial charge in [-0.05, 0) is 30.2 Å². The fourth-order valence-electron chi connectivity index (χ4n) is 1.79. The molecule has 0 saturated heterocycles. The van der Waals surface area contributed by atoms with E-state index in [0.29, 0.717) is 19.5 Å². The highest BCUT2D eigenvalue weighted by atomic mass is 19.1. The third kappa shape index (κ3) is 4.99. The smallest absolute Gasteiger partial charge is 0.220 e. The molecule has 0 fully saturated rings. The van der Waals surface area contributed by atoms with Crippen molar-refractivity contribution in [2.45, 2.75) is 32.6 Å². The van der Waals surface area contributed by atoms with Crippen LogP contribution < -0.4 is 11.1 Å². The molecule has 1 aromatic rings. The van der Waals surface area contributed by atoms with E-state index in [1.807, 2.05) is 20.8 Å². The molecule has 1 amide bonds. The van der Waals surface area contributed by atoms with E-state index in [4.69, 9.17) is 5.73 Å². The van der Waals surface area contributed by atoms with E-state index in [-0.39, 0.29) is 23.1 Å². The molecule has 1 rings (SSSR count). The standard InChI is InChI=1S/C15H23FN2O/c1-11(9-17)8-14(19)18-10-15(2,3)12-4-6-13(16)7-5-12/h4-7,11H,8-10,17H2,1-3H3,(H,18,19). The Bertz CT molecular complexity index is 415. The van der Waals surface area contributed by atoms with Gasteiger partial charge in [0.25, 0.3) is 0 Å². The van der Waals surface area contributed by atoms with Gasteiger partial charge in [0.15, 0.2) is 0 Å². The second kappa shape index (κ2) is 6.66. The lowest BCUT2D eigenvalue weighted by molar-refractivity contribution is -0.122. The first-order valence-electron chi connectivity index (χ1n) is 6.58. The van der Waals surface area contributed by atoms with Crippen LogP contribution in [0.25, 0.3) is 0 Å². The number of hydrogen-bond acceptors (Lipinski definition) is 2. The summed E-state index contributed by atoms with van der Waals surface area (Å²) < 4.78 is 12.9. The molecule has 19 heavy (non-hydrogen) atoms. The van der Waals surface area contributed by atoms with Crippen molar-refractivity contribution >= 4 is 5.91 Å². The molecule has 0 aliphatic carbocycles. The molecule has 3 nitrogen and oxygen atoms in total. The second-order valence-electron chi connectivity index (χ2n) is 5.71. The van der Waals surface area contributed by atoms with E-state index in [0.717, 1.165) is 5.56 Å². The molecule has 0 heterocycles. The number of rotatable bonds is 6. The zero-order valence-electron chi connectivity index (χ0n) is 11.9. The highest BCUT2D eigenvalue weighted by Gasteiger charge is 2.21. The molecule has 1 unspecified atom stereocenters. The van der Waals surface area contributed by atoms with E-state index in [1.165, 1.54) is 12.1 Å². The highest BCUT2D eigenvalue weighted by Crippen LogP contribution is 2.22. The van der Waals surface area contributed by atoms with E-state index >= 15 is 0 Å². The molecule has 3 N–H and O–H groups in total. The molecule has 0 aromatic heterocycles. The molecule has 106 valence electrons. The molecule has 0 radical (unpaired) electrons. The Morgan fingerprint density at radius 1 is 1.37 bits per heavy atom. The first kappa shape index (κ1) is 15.6. The van der Waals surface area contributed by atoms with Crippen molar-refractivity contribution < 1.29 is 9.18 Å². The summed E-state index contributed by atoms with van der Waals surface area (Å²) in [6.45, 7) is 7.02. The fourth-order valence-corrected chi connectivity index (χ4v) is 1.79. The van der Waals surface area contributed by atoms with Gasteiger partial charge in [0.1, 0.15) is 5.82 Å². The van der Waals surface area contributed by atoms with Crippen molar-refractivity contribution in [3.8, 4) is 0 Å². The molecule has 4 heteroatoms. The van der Waals surface area contributed by atoms with Crippen LogP contribution in [0.15, 0.2) is 24.3 Å². The predicted molar refractivity (Wildman–Crippen MR) is 75.3 cm³/mol. The number of halogens is 1. The Hall–Kier alpha value is -1.42. The zero-order valence-corrected chi connectivity index (χ0v) is 11.9. The lowest BCUT2D eigenvalue weighted by atomic mass is 9.84. The van der Waals surface area contributed by atoms with E-state index in [1.54, 1.807) is 12.1 Å². The fraction of sp³-hybridized carbons (Fsp3) is 0.533. The van der Waals surface area contributed by atoms with Gasteiger partial charge >= 0.3 is 0 Å². The summed E-state index contributed by atoms with van der Waals surface area (Å²) in [7, 11) is 0. The van der Waals surface area contributed by atoms with Gasteiger partial charge < -0.3 is 11.1 Å². The van der Waals surface area contributed by atoms with Crippen LogP contribution in [0.3, 0.4) is 0 Å². The molecule has 0 spiro atoms. The summed E-state index contributed by atoms with van der Waals surface area (Å²) in [5.74, 6) is -0.0533. The Kier molecular flexibility index (Phi) is 5.48. The first-order chi connectivity index (χ1) is 8.85. The van der Waals surface area contributed by atoms with E-state index in [2.05, 4.69) is 5.32 Å². The van der Waals surface area contributed by atoms with Gasteiger partial charge in [0, 0.05) is 18.4 Å². The van der Waals surface area contributed by atoms with Crippen LogP contribution in [-0.4, -0.2) is 19.0 Å². The van der Waals surface area contributed by atoms with Crippen LogP contribution >= 0.6 is 0 Å². The van der Waals surface area contributed by atoms with E-state index in [9.17, 15) is 9.18 Å². The summed E-state index contributed by atoms with van der Waals surface area (Å²) in [6.07, 6.45) is 0.440. The Labute approximate surface area is 114 Å². The quantitative estimate of drug-likeness (QED) is 0.829. The van der Waals surface area contributed by atoms with Crippen LogP contribution in [0.5, 0.6) is 0 Å². The van der Waals surface area contributed by atoms with Crippen molar-refractivity contribution in [2.75, 3.05) is 13.1 Å². The van der Waals surface area contributed by atoms with Crippen LogP contribution in [0.4, 0.5) is 4.39 Å². The number of nitrogens with one attached hydrogen (secondary N) is 1. The van der Waals surface area contributed by atoms with Gasteiger partial charge in [-0.15, -0.1) is 0 Å². The van der Waals surface area contributed by atoms with Crippen molar-refractivity contribution in [1.82, 2.24) is 5.32 Å². The predicted octanol–water partition coefficient (Wildman–Crippen LogP) is 2.20. The third-order valence-corrected chi connectivity index (χ3v) is 3.29. The average Bonchev–Trinajstić information content (AvgIpc) is 2.37. The number of carbonyl (C=O) groups excluding carboxylic acids is 1. The van der Waals surface area contributed by atoms with Gasteiger partial charge in [-0.25, -0.2) is 4.39 Å². The van der Waals surface area contributed by atoms with E-state index < -0.39 is 0 Å². The van der Waals surface area contributed by atoms with Gasteiger partial charge in [0.2, 0.25) is 5.91 Å². The highest BCUT2D eigenvalue weighted by molar-refractivity contribution is 5.76. The molecule has 0 saturated carbocycles. The Morgan fingerprint density at radius 2 is 1.95 bits per heavy atom. The molecule has 0 bridgehead atoms. The summed E-state index contributed by atoms with van der Waals surface area (Å²) in [6, 6.07) is 6.39. The maximum Gasteiger partial charge on any atom is 0.220 e. The van der Waals surface area contributed by atoms with Gasteiger partial charge in [0.05, 0.1) is 0 Å². The number of hydrogen-bond donors (Lipinski definition) is 2. The lowest BCUT2D eigenvalue weighted by Crippen LogP contribution is -2.37. The lowest BCUT2D eigenvalue weighted by Gasteiger charge is -2.26. The van der Waals surface area contributed by atoms with Crippen molar-refractivity contribution in [1.29, 1.82) is 0 Å². The minimum absolute atomic E-state index is 0.00753. The molecule has 0 aliphatic heterocycles. The summed E-state index contributed by atoms with van der Waals surface area (Å²) in [4.78, 5) is 11.7. The number of benzene rings is 1. The Balaban J connectivity index is 2.55. The zero-order chi connectivity index (χ0) is 14.5. The number of nitrogens with two attached hydrogens (primary N) is 1. The minimum Gasteiger partial charge on any atom is -0.355 e. The van der Waals surface area contributed by atoms with Crippen LogP contribution in [0, 0.1) is 11.7 Å². The second-order valence-corrected chi connectivity index (χ2v) is 5.71. The summed E-state index contributed by atoms with van der Waals surface area (Å²) in [5.41, 5.74) is 6.27. The molecule has 0 aliphatic rings. The monoisotopic (exact) mass is 266 g/mol.